The number of hydrogen-bond donors (Lipinski definition) is 2. The third kappa shape index (κ3) is 2.20. The Bertz CT molecular complexity index is 900. The number of benzene rings is 1. The summed E-state index contributed by atoms with van der Waals surface area (Å²) in [6.07, 6.45) is 1.63. The summed E-state index contributed by atoms with van der Waals surface area (Å²) in [5.74, 6) is 0.0660. The molecule has 0 aliphatic heterocycles. The number of rotatable bonds is 1. The molecule has 0 saturated heterocycles. The van der Waals surface area contributed by atoms with Crippen LogP contribution in [0.4, 0.5) is 11.8 Å². The van der Waals surface area contributed by atoms with Gasteiger partial charge in [0, 0.05) is 17.1 Å². The molecule has 2 aromatic heterocycles. The van der Waals surface area contributed by atoms with Crippen LogP contribution in [-0.2, 0) is 0 Å². The number of fused-ring (bicyclic) bond motifs is 1. The fraction of sp³-hybridized carbons (Fsp3) is 0. The van der Waals surface area contributed by atoms with Gasteiger partial charge in [-0.1, -0.05) is 17.7 Å². The Labute approximate surface area is 125 Å². The summed E-state index contributed by atoms with van der Waals surface area (Å²) in [6.45, 7) is 0. The van der Waals surface area contributed by atoms with Gasteiger partial charge in [0.1, 0.15) is 17.5 Å². The molecule has 4 N–H and O–H groups in total. The van der Waals surface area contributed by atoms with Gasteiger partial charge in [0.2, 0.25) is 5.95 Å². The van der Waals surface area contributed by atoms with Gasteiger partial charge in [0.05, 0.1) is 16.2 Å². The van der Waals surface area contributed by atoms with E-state index >= 15 is 0 Å². The smallest absolute Gasteiger partial charge is 0.222 e. The Hall–Kier alpha value is -2.91. The Balaban J connectivity index is 2.31. The van der Waals surface area contributed by atoms with Gasteiger partial charge in [-0.2, -0.15) is 10.2 Å². The summed E-state index contributed by atoms with van der Waals surface area (Å²) in [5, 5.41) is 10.6. The number of nitrogen functional groups attached to an aromatic ring is 2. The molecule has 0 spiro atoms. The van der Waals surface area contributed by atoms with Gasteiger partial charge >= 0.3 is 0 Å². The molecule has 0 bridgehead atoms. The predicted molar refractivity (Wildman–Crippen MR) is 81.3 cm³/mol. The maximum Gasteiger partial charge on any atom is 0.222 e. The minimum atomic E-state index is 0.0129. The summed E-state index contributed by atoms with van der Waals surface area (Å²) in [6, 6.07) is 9.08. The number of hydrogen-bond acceptors (Lipinski definition) is 6. The van der Waals surface area contributed by atoms with Crippen molar-refractivity contribution in [1.82, 2.24) is 15.0 Å². The highest BCUT2D eigenvalue weighted by Crippen LogP contribution is 2.30. The van der Waals surface area contributed by atoms with E-state index in [-0.39, 0.29) is 17.3 Å². The molecule has 2 heterocycles. The summed E-state index contributed by atoms with van der Waals surface area (Å²) in [7, 11) is 0. The normalized spacial score (nSPS) is 10.5. The minimum absolute atomic E-state index is 0.0129. The molecule has 0 amide bonds. The van der Waals surface area contributed by atoms with Crippen LogP contribution in [0, 0.1) is 11.3 Å². The van der Waals surface area contributed by atoms with Crippen LogP contribution in [-0.4, -0.2) is 15.0 Å². The first-order valence-corrected chi connectivity index (χ1v) is 6.35. The van der Waals surface area contributed by atoms with E-state index < -0.39 is 0 Å². The van der Waals surface area contributed by atoms with E-state index in [1.807, 2.05) is 6.07 Å². The van der Waals surface area contributed by atoms with Crippen LogP contribution in [0.25, 0.3) is 22.2 Å². The first kappa shape index (κ1) is 13.1. The van der Waals surface area contributed by atoms with Crippen LogP contribution in [0.5, 0.6) is 0 Å². The van der Waals surface area contributed by atoms with Gasteiger partial charge in [0.25, 0.3) is 0 Å². The van der Waals surface area contributed by atoms with E-state index in [0.717, 1.165) is 10.9 Å². The van der Waals surface area contributed by atoms with E-state index in [4.69, 9.17) is 23.1 Å². The van der Waals surface area contributed by atoms with Crippen molar-refractivity contribution in [1.29, 1.82) is 5.26 Å². The van der Waals surface area contributed by atoms with Crippen molar-refractivity contribution in [2.75, 3.05) is 11.5 Å². The zero-order chi connectivity index (χ0) is 15.0. The molecule has 0 aliphatic carbocycles. The lowest BCUT2D eigenvalue weighted by Gasteiger charge is -2.08. The average Bonchev–Trinajstić information content (AvgIpc) is 2.46. The van der Waals surface area contributed by atoms with Gasteiger partial charge in [-0.05, 0) is 18.2 Å². The molecule has 1 aromatic carbocycles. The second-order valence-corrected chi connectivity index (χ2v) is 4.73. The maximum atomic E-state index is 9.23. The van der Waals surface area contributed by atoms with Crippen LogP contribution in [0.15, 0.2) is 30.5 Å². The monoisotopic (exact) mass is 296 g/mol. The second kappa shape index (κ2) is 4.89. The highest BCUT2D eigenvalue weighted by molar-refractivity contribution is 6.35. The molecule has 0 atom stereocenters. The molecule has 0 unspecified atom stereocenters. The number of pyridine rings is 1. The minimum Gasteiger partial charge on any atom is -0.382 e. The van der Waals surface area contributed by atoms with Crippen LogP contribution in [0.1, 0.15) is 5.56 Å². The number of anilines is 2. The van der Waals surface area contributed by atoms with Crippen LogP contribution >= 0.6 is 11.6 Å². The third-order valence-corrected chi connectivity index (χ3v) is 3.36. The van der Waals surface area contributed by atoms with Crippen molar-refractivity contribution >= 4 is 34.3 Å². The summed E-state index contributed by atoms with van der Waals surface area (Å²) < 4.78 is 0. The van der Waals surface area contributed by atoms with Gasteiger partial charge < -0.3 is 11.5 Å². The fourth-order valence-corrected chi connectivity index (χ4v) is 2.28. The van der Waals surface area contributed by atoms with Crippen LogP contribution in [0.3, 0.4) is 0 Å². The lowest BCUT2D eigenvalue weighted by Crippen LogP contribution is -2.04. The molecule has 0 fully saturated rings. The SMILES string of the molecule is N#Cc1c(N)nc(N)nc1-c1ccc2nccc(Cl)c2c1. The van der Waals surface area contributed by atoms with Crippen molar-refractivity contribution in [2.24, 2.45) is 0 Å². The van der Waals surface area contributed by atoms with Gasteiger partial charge in [-0.25, -0.2) is 4.98 Å². The quantitative estimate of drug-likeness (QED) is 0.712. The molecule has 0 aliphatic rings. The molecular formula is C14H9ClN6. The van der Waals surface area contributed by atoms with Gasteiger partial charge in [-0.3, -0.25) is 4.98 Å². The largest absolute Gasteiger partial charge is 0.382 e. The molecule has 3 rings (SSSR count). The van der Waals surface area contributed by atoms with Crippen molar-refractivity contribution in [3.05, 3.63) is 41.0 Å². The summed E-state index contributed by atoms with van der Waals surface area (Å²) in [5.41, 5.74) is 13.3. The van der Waals surface area contributed by atoms with Gasteiger partial charge in [-0.15, -0.1) is 0 Å². The molecule has 0 radical (unpaired) electrons. The third-order valence-electron chi connectivity index (χ3n) is 3.03. The molecule has 0 saturated carbocycles. The Morgan fingerprint density at radius 1 is 1.14 bits per heavy atom. The average molecular weight is 297 g/mol. The number of halogens is 1. The topological polar surface area (TPSA) is 114 Å². The van der Waals surface area contributed by atoms with E-state index in [2.05, 4.69) is 15.0 Å². The Morgan fingerprint density at radius 2 is 1.95 bits per heavy atom. The highest BCUT2D eigenvalue weighted by Gasteiger charge is 2.14. The van der Waals surface area contributed by atoms with E-state index in [0.29, 0.717) is 16.3 Å². The Kier molecular flexibility index (Phi) is 3.05. The number of nitrogens with zero attached hydrogens (tertiary/aromatic N) is 4. The fourth-order valence-electron chi connectivity index (χ4n) is 2.08. The summed E-state index contributed by atoms with van der Waals surface area (Å²) in [4.78, 5) is 12.1. The van der Waals surface area contributed by atoms with Crippen molar-refractivity contribution in [3.63, 3.8) is 0 Å². The lowest BCUT2D eigenvalue weighted by atomic mass is 10.0. The first-order valence-electron chi connectivity index (χ1n) is 5.98. The van der Waals surface area contributed by atoms with E-state index in [1.165, 1.54) is 0 Å². The standard InChI is InChI=1S/C14H9ClN6/c15-10-3-4-19-11-2-1-7(5-8(10)11)12-9(6-16)13(17)21-14(18)20-12/h1-5H,(H4,17,18,20,21). The van der Waals surface area contributed by atoms with Crippen LogP contribution < -0.4 is 11.5 Å². The molecule has 7 heteroatoms. The zero-order valence-electron chi connectivity index (χ0n) is 10.7. The highest BCUT2D eigenvalue weighted by atomic mass is 35.5. The summed E-state index contributed by atoms with van der Waals surface area (Å²) >= 11 is 6.17. The lowest BCUT2D eigenvalue weighted by molar-refractivity contribution is 1.18. The van der Waals surface area contributed by atoms with E-state index in [9.17, 15) is 5.26 Å². The van der Waals surface area contributed by atoms with E-state index in [1.54, 1.807) is 30.5 Å². The van der Waals surface area contributed by atoms with Crippen molar-refractivity contribution in [3.8, 4) is 17.3 Å². The number of nitrogens with two attached hydrogens (primary N) is 2. The van der Waals surface area contributed by atoms with Crippen LogP contribution in [0.2, 0.25) is 5.02 Å². The molecule has 21 heavy (non-hydrogen) atoms. The Morgan fingerprint density at radius 3 is 2.71 bits per heavy atom. The van der Waals surface area contributed by atoms with Crippen molar-refractivity contribution < 1.29 is 0 Å². The van der Waals surface area contributed by atoms with Gasteiger partial charge in [0.15, 0.2) is 0 Å². The number of nitriles is 1. The van der Waals surface area contributed by atoms with Crippen molar-refractivity contribution in [2.45, 2.75) is 0 Å². The predicted octanol–water partition coefficient (Wildman–Crippen LogP) is 2.38. The molecule has 102 valence electrons. The molecule has 6 nitrogen and oxygen atoms in total. The maximum absolute atomic E-state index is 9.23. The number of aromatic nitrogens is 3. The first-order chi connectivity index (χ1) is 10.1. The second-order valence-electron chi connectivity index (χ2n) is 4.33. The zero-order valence-corrected chi connectivity index (χ0v) is 11.5. The molecule has 3 aromatic rings. The molecular weight excluding hydrogens is 288 g/mol.